The molecule has 0 spiro atoms. The maximum Gasteiger partial charge on any atom is 0.407 e. The molecule has 1 aromatic carbocycles. The van der Waals surface area contributed by atoms with Gasteiger partial charge in [-0.05, 0) is 31.0 Å². The normalized spacial score (nSPS) is 18.8. The summed E-state index contributed by atoms with van der Waals surface area (Å²) in [5.74, 6) is 0.271. The summed E-state index contributed by atoms with van der Waals surface area (Å²) < 4.78 is 0. The number of aromatic nitrogens is 2. The number of piperazine rings is 1. The van der Waals surface area contributed by atoms with Gasteiger partial charge in [-0.3, -0.25) is 4.79 Å². The quantitative estimate of drug-likeness (QED) is 0.845. The highest BCUT2D eigenvalue weighted by molar-refractivity contribution is 5.87. The van der Waals surface area contributed by atoms with Crippen molar-refractivity contribution in [3.8, 4) is 0 Å². The molecule has 0 atom stereocenters. The lowest BCUT2D eigenvalue weighted by Gasteiger charge is -2.30. The number of amides is 2. The van der Waals surface area contributed by atoms with E-state index in [1.165, 1.54) is 4.90 Å². The molecule has 0 radical (unpaired) electrons. The second kappa shape index (κ2) is 6.78. The molecule has 0 bridgehead atoms. The van der Waals surface area contributed by atoms with Crippen molar-refractivity contribution >= 4 is 28.6 Å². The summed E-state index contributed by atoms with van der Waals surface area (Å²) in [6.07, 6.45) is 2.26. The highest BCUT2D eigenvalue weighted by Gasteiger charge is 2.26. The molecule has 0 unspecified atom stereocenters. The molecule has 4 rings (SSSR count). The van der Waals surface area contributed by atoms with Crippen LogP contribution in [0.3, 0.4) is 0 Å². The third-order valence-corrected chi connectivity index (χ3v) is 5.21. The summed E-state index contributed by atoms with van der Waals surface area (Å²) in [6, 6.07) is 6.04. The van der Waals surface area contributed by atoms with Crippen LogP contribution in [0.2, 0.25) is 0 Å². The van der Waals surface area contributed by atoms with Gasteiger partial charge in [-0.15, -0.1) is 0 Å². The molecule has 0 saturated carbocycles. The third-order valence-electron chi connectivity index (χ3n) is 5.21. The maximum atomic E-state index is 11.6. The van der Waals surface area contributed by atoms with E-state index in [0.717, 1.165) is 41.7 Å². The molecular weight excluding hydrogens is 334 g/mol. The van der Waals surface area contributed by atoms with Crippen LogP contribution in [0.25, 0.3) is 10.9 Å². The van der Waals surface area contributed by atoms with Crippen LogP contribution in [-0.4, -0.2) is 64.7 Å². The third kappa shape index (κ3) is 3.14. The number of carboxylic acid groups (broad SMARTS) is 1. The number of nitrogens with one attached hydrogen (secondary N) is 1. The van der Waals surface area contributed by atoms with E-state index < -0.39 is 6.09 Å². The number of nitrogens with zero attached hydrogens (tertiary/aromatic N) is 4. The minimum Gasteiger partial charge on any atom is -0.465 e. The van der Waals surface area contributed by atoms with Crippen LogP contribution in [0.15, 0.2) is 24.5 Å². The highest BCUT2D eigenvalue weighted by atomic mass is 16.4. The first kappa shape index (κ1) is 16.6. The summed E-state index contributed by atoms with van der Waals surface area (Å²) in [5, 5.41) is 12.9. The van der Waals surface area contributed by atoms with Crippen molar-refractivity contribution in [3.63, 3.8) is 0 Å². The number of fused-ring (bicyclic) bond motifs is 1. The Morgan fingerprint density at radius 2 is 2.00 bits per heavy atom. The summed E-state index contributed by atoms with van der Waals surface area (Å²) >= 11 is 0. The average molecular weight is 355 g/mol. The highest BCUT2D eigenvalue weighted by Crippen LogP contribution is 2.32. The number of hydrogen-bond donors (Lipinski definition) is 2. The fourth-order valence-electron chi connectivity index (χ4n) is 3.79. The van der Waals surface area contributed by atoms with E-state index in [1.54, 1.807) is 6.33 Å². The lowest BCUT2D eigenvalue weighted by Crippen LogP contribution is -2.47. The molecule has 3 heterocycles. The van der Waals surface area contributed by atoms with Crippen LogP contribution in [0.1, 0.15) is 24.5 Å². The molecule has 0 aliphatic carbocycles. The molecule has 136 valence electrons. The zero-order chi connectivity index (χ0) is 18.1. The number of anilines is 1. The van der Waals surface area contributed by atoms with Gasteiger partial charge in [0.1, 0.15) is 6.33 Å². The number of carbonyl (C=O) groups excluding carboxylic acids is 1. The van der Waals surface area contributed by atoms with Gasteiger partial charge in [-0.25, -0.2) is 14.8 Å². The monoisotopic (exact) mass is 355 g/mol. The van der Waals surface area contributed by atoms with Gasteiger partial charge in [0.15, 0.2) is 0 Å². The van der Waals surface area contributed by atoms with Crippen LogP contribution < -0.4 is 10.2 Å². The molecule has 1 aromatic heterocycles. The van der Waals surface area contributed by atoms with Crippen LogP contribution in [0, 0.1) is 0 Å². The number of piperidine rings is 1. The van der Waals surface area contributed by atoms with Gasteiger partial charge in [0.2, 0.25) is 5.91 Å². The van der Waals surface area contributed by atoms with E-state index in [2.05, 4.69) is 15.3 Å². The lowest BCUT2D eigenvalue weighted by molar-refractivity contribution is -0.120. The Morgan fingerprint density at radius 1 is 1.19 bits per heavy atom. The largest absolute Gasteiger partial charge is 0.465 e. The predicted molar refractivity (Wildman–Crippen MR) is 96.3 cm³/mol. The minimum atomic E-state index is -0.855. The molecule has 2 saturated heterocycles. The zero-order valence-electron chi connectivity index (χ0n) is 14.4. The molecule has 2 aromatic rings. The number of likely N-dealkylation sites (tertiary alicyclic amines) is 1. The molecule has 2 fully saturated rings. The molecular formula is C18H21N5O3. The van der Waals surface area contributed by atoms with Crippen LogP contribution in [0.5, 0.6) is 0 Å². The van der Waals surface area contributed by atoms with Crippen LogP contribution in [-0.2, 0) is 4.79 Å². The molecule has 2 aliphatic heterocycles. The summed E-state index contributed by atoms with van der Waals surface area (Å²) in [5.41, 5.74) is 2.83. The summed E-state index contributed by atoms with van der Waals surface area (Å²) in [7, 11) is 0. The van der Waals surface area contributed by atoms with E-state index in [1.807, 2.05) is 23.1 Å². The minimum absolute atomic E-state index is 0.0323. The van der Waals surface area contributed by atoms with E-state index in [9.17, 15) is 9.59 Å². The van der Waals surface area contributed by atoms with E-state index >= 15 is 0 Å². The summed E-state index contributed by atoms with van der Waals surface area (Å²) in [6.45, 7) is 2.85. The first-order valence-electron chi connectivity index (χ1n) is 8.86. The molecule has 8 heteroatoms. The van der Waals surface area contributed by atoms with Crippen molar-refractivity contribution in [1.29, 1.82) is 0 Å². The van der Waals surface area contributed by atoms with Crippen LogP contribution in [0.4, 0.5) is 10.5 Å². The van der Waals surface area contributed by atoms with Crippen LogP contribution >= 0.6 is 0 Å². The van der Waals surface area contributed by atoms with Crippen molar-refractivity contribution in [1.82, 2.24) is 20.2 Å². The van der Waals surface area contributed by atoms with Gasteiger partial charge in [-0.2, -0.15) is 0 Å². The Bertz CT molecular complexity index is 848. The topological polar surface area (TPSA) is 98.7 Å². The zero-order valence-corrected chi connectivity index (χ0v) is 14.4. The maximum absolute atomic E-state index is 11.6. The van der Waals surface area contributed by atoms with Gasteiger partial charge in [-0.1, -0.05) is 0 Å². The molecule has 2 N–H and O–H groups in total. The number of rotatable bonds is 2. The Balaban J connectivity index is 1.59. The van der Waals surface area contributed by atoms with Gasteiger partial charge in [0.25, 0.3) is 0 Å². The summed E-state index contributed by atoms with van der Waals surface area (Å²) in [4.78, 5) is 35.1. The van der Waals surface area contributed by atoms with Crippen molar-refractivity contribution < 1.29 is 14.7 Å². The number of carbonyl (C=O) groups is 2. The first-order chi connectivity index (χ1) is 12.6. The number of hydrogen-bond acceptors (Lipinski definition) is 5. The smallest absolute Gasteiger partial charge is 0.407 e. The van der Waals surface area contributed by atoms with Gasteiger partial charge in [0.05, 0.1) is 17.8 Å². The molecule has 2 amide bonds. The van der Waals surface area contributed by atoms with Crippen molar-refractivity contribution in [2.24, 2.45) is 0 Å². The van der Waals surface area contributed by atoms with E-state index in [0.29, 0.717) is 26.2 Å². The fraction of sp³-hybridized carbons (Fsp3) is 0.444. The van der Waals surface area contributed by atoms with Gasteiger partial charge >= 0.3 is 6.09 Å². The molecule has 8 nitrogen and oxygen atoms in total. The number of benzene rings is 1. The first-order valence-corrected chi connectivity index (χ1v) is 8.86. The molecule has 2 aliphatic rings. The second-order valence-corrected chi connectivity index (χ2v) is 6.78. The average Bonchev–Trinajstić information content (AvgIpc) is 2.67. The van der Waals surface area contributed by atoms with Crippen molar-refractivity contribution in [2.75, 3.05) is 37.6 Å². The lowest BCUT2D eigenvalue weighted by atomic mass is 9.91. The molecule has 26 heavy (non-hydrogen) atoms. The van der Waals surface area contributed by atoms with E-state index in [4.69, 9.17) is 5.11 Å². The Labute approximate surface area is 150 Å². The predicted octanol–water partition coefficient (Wildman–Crippen LogP) is 1.42. The second-order valence-electron chi connectivity index (χ2n) is 6.78. The Hall–Kier alpha value is -2.90. The Kier molecular flexibility index (Phi) is 4.32. The standard InChI is InChI=1S/C18H21N5O3/c24-16-10-23(8-5-19-16)13-1-2-14-15(9-13)20-11-21-17(14)12-3-6-22(7-4-12)18(25)26/h1-2,9,11-12H,3-8,10H2,(H,19,24)(H,25,26). The van der Waals surface area contributed by atoms with E-state index in [-0.39, 0.29) is 11.8 Å². The SMILES string of the molecule is O=C1CN(c2ccc3c(C4CCN(C(=O)O)CC4)ncnc3c2)CCN1. The Morgan fingerprint density at radius 3 is 2.73 bits per heavy atom. The van der Waals surface area contributed by atoms with Crippen molar-refractivity contribution in [3.05, 3.63) is 30.2 Å². The van der Waals surface area contributed by atoms with Gasteiger partial charge in [0, 0.05) is 43.2 Å². The fourth-order valence-corrected chi connectivity index (χ4v) is 3.79. The van der Waals surface area contributed by atoms with Gasteiger partial charge < -0.3 is 20.2 Å². The van der Waals surface area contributed by atoms with Crippen molar-refractivity contribution in [2.45, 2.75) is 18.8 Å².